The third-order valence-electron chi connectivity index (χ3n) is 3.42. The Kier molecular flexibility index (Phi) is 2.48. The van der Waals surface area contributed by atoms with Crippen LogP contribution in [-0.2, 0) is 0 Å². The van der Waals surface area contributed by atoms with E-state index in [4.69, 9.17) is 11.1 Å². The molecule has 1 aromatic carbocycles. The molecule has 1 aliphatic heterocycles. The van der Waals surface area contributed by atoms with Crippen molar-refractivity contribution in [2.75, 3.05) is 11.1 Å². The van der Waals surface area contributed by atoms with E-state index in [2.05, 4.69) is 11.4 Å². The zero-order valence-corrected chi connectivity index (χ0v) is 11.2. The van der Waals surface area contributed by atoms with Gasteiger partial charge in [-0.1, -0.05) is 11.8 Å². The van der Waals surface area contributed by atoms with Crippen LogP contribution in [0.25, 0.3) is 0 Å². The molecule has 0 fully saturated rings. The van der Waals surface area contributed by atoms with Crippen LogP contribution >= 0.6 is 11.8 Å². The number of hydrogen-bond donors (Lipinski definition) is 3. The lowest BCUT2D eigenvalue weighted by molar-refractivity contribution is 1.19. The van der Waals surface area contributed by atoms with Gasteiger partial charge in [-0.3, -0.25) is 0 Å². The highest BCUT2D eigenvalue weighted by Crippen LogP contribution is 2.46. The van der Waals surface area contributed by atoms with E-state index in [0.29, 0.717) is 12.1 Å². The molecule has 0 atom stereocenters. The molecule has 0 unspecified atom stereocenters. The fourth-order valence-corrected chi connectivity index (χ4v) is 3.36. The summed E-state index contributed by atoms with van der Waals surface area (Å²) in [4.78, 5) is 2.40. The predicted octanol–water partition coefficient (Wildman–Crippen LogP) is 3.68. The van der Waals surface area contributed by atoms with Gasteiger partial charge in [-0.15, -0.1) is 0 Å². The number of hydrogen-bond acceptors (Lipinski definition) is 4. The normalized spacial score (nSPS) is 17.9. The average Bonchev–Trinajstić information content (AvgIpc) is 2.34. The zero-order chi connectivity index (χ0) is 12.9. The lowest BCUT2D eigenvalue weighted by atomic mass is 10.0. The predicted molar refractivity (Wildman–Crippen MR) is 78.2 cm³/mol. The third-order valence-corrected chi connectivity index (χ3v) is 4.76. The van der Waals surface area contributed by atoms with Gasteiger partial charge >= 0.3 is 0 Å². The Balaban J connectivity index is 2.07. The second-order valence-electron chi connectivity index (χ2n) is 4.70. The largest absolute Gasteiger partial charge is 0.398 e. The summed E-state index contributed by atoms with van der Waals surface area (Å²) in [5, 5.41) is 11.4. The fraction of sp³-hybridized carbons (Fsp3) is 0.214. The van der Waals surface area contributed by atoms with Crippen molar-refractivity contribution in [1.29, 1.82) is 5.41 Å². The molecule has 0 saturated heterocycles. The van der Waals surface area contributed by atoms with Crippen molar-refractivity contribution in [1.82, 2.24) is 0 Å². The van der Waals surface area contributed by atoms with Crippen molar-refractivity contribution in [2.45, 2.75) is 25.2 Å². The summed E-state index contributed by atoms with van der Waals surface area (Å²) in [6.07, 6.45) is 2.77. The molecule has 3 rings (SSSR count). The van der Waals surface area contributed by atoms with Crippen molar-refractivity contribution in [3.63, 3.8) is 0 Å². The van der Waals surface area contributed by atoms with E-state index in [9.17, 15) is 0 Å². The Labute approximate surface area is 111 Å². The number of benzene rings is 1. The van der Waals surface area contributed by atoms with Gasteiger partial charge in [0, 0.05) is 33.3 Å². The van der Waals surface area contributed by atoms with E-state index in [-0.39, 0.29) is 0 Å². The van der Waals surface area contributed by atoms with Crippen LogP contribution in [0.5, 0.6) is 0 Å². The van der Waals surface area contributed by atoms with Crippen molar-refractivity contribution in [3.8, 4) is 0 Å². The van der Waals surface area contributed by atoms with Crippen molar-refractivity contribution >= 4 is 28.8 Å². The number of anilines is 2. The molecule has 18 heavy (non-hydrogen) atoms. The lowest BCUT2D eigenvalue weighted by Crippen LogP contribution is -2.15. The summed E-state index contributed by atoms with van der Waals surface area (Å²) in [6.45, 7) is 4.03. The maximum absolute atomic E-state index is 7.93. The molecule has 1 heterocycles. The molecule has 0 radical (unpaired) electrons. The van der Waals surface area contributed by atoms with E-state index in [1.807, 2.05) is 26.0 Å². The Morgan fingerprint density at radius 1 is 1.33 bits per heavy atom. The van der Waals surface area contributed by atoms with E-state index < -0.39 is 0 Å². The molecule has 0 bridgehead atoms. The average molecular weight is 257 g/mol. The zero-order valence-electron chi connectivity index (χ0n) is 10.4. The van der Waals surface area contributed by atoms with Gasteiger partial charge in [-0.2, -0.15) is 0 Å². The van der Waals surface area contributed by atoms with Gasteiger partial charge in [-0.25, -0.2) is 0 Å². The molecule has 1 aromatic rings. The highest BCUT2D eigenvalue weighted by atomic mass is 32.2. The first kappa shape index (κ1) is 11.4. The summed E-state index contributed by atoms with van der Waals surface area (Å²) < 4.78 is 0. The maximum atomic E-state index is 7.93. The van der Waals surface area contributed by atoms with Crippen LogP contribution < -0.4 is 11.1 Å². The molecule has 4 heteroatoms. The molecule has 2 aliphatic rings. The number of nitrogens with one attached hydrogen (secondary N) is 2. The Hall–Kier alpha value is -1.68. The lowest BCUT2D eigenvalue weighted by Gasteiger charge is -2.27. The molecule has 4 N–H and O–H groups in total. The summed E-state index contributed by atoms with van der Waals surface area (Å²) >= 11 is 1.74. The first-order chi connectivity index (χ1) is 8.56. The number of nitrogen functional groups attached to an aromatic ring is 1. The summed E-state index contributed by atoms with van der Waals surface area (Å²) in [5.41, 5.74) is 11.9. The number of nitrogens with two attached hydrogens (primary N) is 1. The highest BCUT2D eigenvalue weighted by Gasteiger charge is 2.24. The minimum absolute atomic E-state index is 0.702. The smallest absolute Gasteiger partial charge is 0.0530 e. The van der Waals surface area contributed by atoms with E-state index >= 15 is 0 Å². The molecule has 0 aromatic heterocycles. The molecule has 0 amide bonds. The van der Waals surface area contributed by atoms with Crippen LogP contribution in [0.1, 0.15) is 18.9 Å². The molecule has 92 valence electrons. The van der Waals surface area contributed by atoms with Crippen molar-refractivity contribution in [3.05, 3.63) is 39.9 Å². The topological polar surface area (TPSA) is 61.9 Å². The second kappa shape index (κ2) is 3.92. The summed E-state index contributed by atoms with van der Waals surface area (Å²) in [6, 6.07) is 3.96. The Morgan fingerprint density at radius 2 is 2.11 bits per heavy atom. The third kappa shape index (κ3) is 1.64. The summed E-state index contributed by atoms with van der Waals surface area (Å²) in [5.74, 6) is 0. The van der Waals surface area contributed by atoms with Crippen LogP contribution in [0, 0.1) is 12.3 Å². The molecular weight excluding hydrogens is 242 g/mol. The van der Waals surface area contributed by atoms with Crippen LogP contribution in [-0.4, -0.2) is 5.71 Å². The van der Waals surface area contributed by atoms with E-state index in [1.165, 1.54) is 9.80 Å². The number of allylic oxidation sites excluding steroid dienone is 3. The molecule has 0 saturated carbocycles. The molecule has 1 aliphatic carbocycles. The standard InChI is InChI=1S/C14H15N3S/c1-7-5-12-13(6-10(7)16)18-14-8(2)9(15)3-4-11(14)17-12/h3-5,16-17H,6,15H2,1-2H3. The second-order valence-corrected chi connectivity index (χ2v) is 5.81. The van der Waals surface area contributed by atoms with Gasteiger partial charge in [0.15, 0.2) is 0 Å². The number of thioether (sulfide) groups is 1. The van der Waals surface area contributed by atoms with Gasteiger partial charge in [-0.05, 0) is 43.2 Å². The number of fused-ring (bicyclic) bond motifs is 1. The van der Waals surface area contributed by atoms with Gasteiger partial charge in [0.25, 0.3) is 0 Å². The minimum Gasteiger partial charge on any atom is -0.398 e. The van der Waals surface area contributed by atoms with Gasteiger partial charge < -0.3 is 16.5 Å². The minimum atomic E-state index is 0.702. The highest BCUT2D eigenvalue weighted by molar-refractivity contribution is 8.03. The Bertz CT molecular complexity index is 626. The maximum Gasteiger partial charge on any atom is 0.0530 e. The first-order valence-corrected chi connectivity index (χ1v) is 6.71. The van der Waals surface area contributed by atoms with Gasteiger partial charge in [0.2, 0.25) is 0 Å². The van der Waals surface area contributed by atoms with Crippen LogP contribution in [0.4, 0.5) is 11.4 Å². The van der Waals surface area contributed by atoms with Gasteiger partial charge in [0.05, 0.1) is 5.69 Å². The van der Waals surface area contributed by atoms with Crippen LogP contribution in [0.3, 0.4) is 0 Å². The van der Waals surface area contributed by atoms with Gasteiger partial charge in [0.1, 0.15) is 0 Å². The monoisotopic (exact) mass is 257 g/mol. The molecule has 3 nitrogen and oxygen atoms in total. The van der Waals surface area contributed by atoms with Crippen LogP contribution in [0.2, 0.25) is 0 Å². The van der Waals surface area contributed by atoms with E-state index in [1.54, 1.807) is 11.8 Å². The summed E-state index contributed by atoms with van der Waals surface area (Å²) in [7, 11) is 0. The molecule has 0 spiro atoms. The van der Waals surface area contributed by atoms with E-state index in [0.717, 1.165) is 28.2 Å². The SMILES string of the molecule is CC1=CC2=C(CC1=N)Sc1c(ccc(N)c1C)N2. The fourth-order valence-electron chi connectivity index (χ4n) is 2.18. The molecular formula is C14H15N3S. The van der Waals surface area contributed by atoms with Crippen molar-refractivity contribution < 1.29 is 0 Å². The quantitative estimate of drug-likeness (QED) is 0.621. The van der Waals surface area contributed by atoms with Crippen LogP contribution in [0.15, 0.2) is 39.3 Å². The van der Waals surface area contributed by atoms with Crippen molar-refractivity contribution in [2.24, 2.45) is 0 Å². The number of rotatable bonds is 0. The first-order valence-electron chi connectivity index (χ1n) is 5.89. The Morgan fingerprint density at radius 3 is 2.89 bits per heavy atom.